The number of anilines is 1. The SMILES string of the molecule is Cc1ncc(-c2ccc(N)cc2C)s1. The Morgan fingerprint density at radius 3 is 2.64 bits per heavy atom. The van der Waals surface area contributed by atoms with E-state index in [2.05, 4.69) is 18.0 Å². The topological polar surface area (TPSA) is 38.9 Å². The molecule has 0 fully saturated rings. The Hall–Kier alpha value is -1.35. The van der Waals surface area contributed by atoms with Crippen molar-refractivity contribution < 1.29 is 0 Å². The molecule has 2 aromatic rings. The van der Waals surface area contributed by atoms with E-state index in [0.717, 1.165) is 10.7 Å². The van der Waals surface area contributed by atoms with E-state index in [1.54, 1.807) is 11.3 Å². The molecule has 0 unspecified atom stereocenters. The van der Waals surface area contributed by atoms with E-state index in [0.29, 0.717) is 0 Å². The van der Waals surface area contributed by atoms with Crippen LogP contribution >= 0.6 is 11.3 Å². The molecule has 0 radical (unpaired) electrons. The zero-order chi connectivity index (χ0) is 10.1. The number of rotatable bonds is 1. The third-order valence-corrected chi connectivity index (χ3v) is 3.08. The highest BCUT2D eigenvalue weighted by Crippen LogP contribution is 2.29. The fourth-order valence-corrected chi connectivity index (χ4v) is 2.32. The van der Waals surface area contributed by atoms with Crippen LogP contribution < -0.4 is 5.73 Å². The lowest BCUT2D eigenvalue weighted by Gasteiger charge is -2.03. The molecule has 2 nitrogen and oxygen atoms in total. The number of benzene rings is 1. The van der Waals surface area contributed by atoms with Crippen molar-refractivity contribution in [3.63, 3.8) is 0 Å². The van der Waals surface area contributed by atoms with Crippen LogP contribution in [0.5, 0.6) is 0 Å². The Labute approximate surface area is 87.4 Å². The third kappa shape index (κ3) is 1.63. The van der Waals surface area contributed by atoms with Gasteiger partial charge in [-0.2, -0.15) is 0 Å². The van der Waals surface area contributed by atoms with Gasteiger partial charge >= 0.3 is 0 Å². The van der Waals surface area contributed by atoms with Crippen LogP contribution in [0.1, 0.15) is 10.6 Å². The minimum absolute atomic E-state index is 0.812. The van der Waals surface area contributed by atoms with Gasteiger partial charge in [0.15, 0.2) is 0 Å². The first kappa shape index (κ1) is 9.21. The molecule has 2 N–H and O–H groups in total. The van der Waals surface area contributed by atoms with Gasteiger partial charge in [-0.15, -0.1) is 11.3 Å². The summed E-state index contributed by atoms with van der Waals surface area (Å²) in [5.74, 6) is 0. The Kier molecular flexibility index (Phi) is 2.25. The number of aromatic nitrogens is 1. The first-order chi connectivity index (χ1) is 6.66. The van der Waals surface area contributed by atoms with E-state index < -0.39 is 0 Å². The summed E-state index contributed by atoms with van der Waals surface area (Å²) in [7, 11) is 0. The Balaban J connectivity index is 2.52. The normalized spacial score (nSPS) is 10.4. The van der Waals surface area contributed by atoms with E-state index in [9.17, 15) is 0 Å². The molecule has 0 aliphatic rings. The Bertz CT molecular complexity index is 460. The molecule has 2 rings (SSSR count). The second-order valence-corrected chi connectivity index (χ2v) is 4.55. The number of thiazole rings is 1. The van der Waals surface area contributed by atoms with Crippen molar-refractivity contribution in [3.8, 4) is 10.4 Å². The van der Waals surface area contributed by atoms with Crippen molar-refractivity contribution >= 4 is 17.0 Å². The first-order valence-corrected chi connectivity index (χ1v) is 5.27. The minimum Gasteiger partial charge on any atom is -0.399 e. The summed E-state index contributed by atoms with van der Waals surface area (Å²) >= 11 is 1.71. The summed E-state index contributed by atoms with van der Waals surface area (Å²) < 4.78 is 0. The molecule has 0 spiro atoms. The molecule has 1 aromatic heterocycles. The predicted octanol–water partition coefficient (Wildman–Crippen LogP) is 3.01. The molecule has 0 saturated carbocycles. The largest absolute Gasteiger partial charge is 0.399 e. The second-order valence-electron chi connectivity index (χ2n) is 3.32. The van der Waals surface area contributed by atoms with E-state index in [-0.39, 0.29) is 0 Å². The molecule has 14 heavy (non-hydrogen) atoms. The van der Waals surface area contributed by atoms with Crippen molar-refractivity contribution in [1.82, 2.24) is 4.98 Å². The lowest BCUT2D eigenvalue weighted by molar-refractivity contribution is 1.30. The molecule has 0 bridgehead atoms. The van der Waals surface area contributed by atoms with Crippen molar-refractivity contribution in [1.29, 1.82) is 0 Å². The van der Waals surface area contributed by atoms with Gasteiger partial charge in [0.1, 0.15) is 0 Å². The summed E-state index contributed by atoms with van der Waals surface area (Å²) in [6.45, 7) is 4.08. The zero-order valence-corrected chi connectivity index (χ0v) is 9.06. The number of hydrogen-bond donors (Lipinski definition) is 1. The summed E-state index contributed by atoms with van der Waals surface area (Å²) in [6.07, 6.45) is 1.92. The summed E-state index contributed by atoms with van der Waals surface area (Å²) in [5, 5.41) is 1.09. The quantitative estimate of drug-likeness (QED) is 0.725. The first-order valence-electron chi connectivity index (χ1n) is 4.46. The average Bonchev–Trinajstić information content (AvgIpc) is 2.51. The van der Waals surface area contributed by atoms with Crippen LogP contribution in [0.3, 0.4) is 0 Å². The molecule has 1 aromatic carbocycles. The molecule has 0 aliphatic heterocycles. The highest BCUT2D eigenvalue weighted by atomic mass is 32.1. The van der Waals surface area contributed by atoms with Gasteiger partial charge in [-0.3, -0.25) is 0 Å². The summed E-state index contributed by atoms with van der Waals surface area (Å²) in [4.78, 5) is 5.45. The van der Waals surface area contributed by atoms with E-state index in [1.807, 2.05) is 25.3 Å². The van der Waals surface area contributed by atoms with E-state index in [4.69, 9.17) is 5.73 Å². The van der Waals surface area contributed by atoms with Gasteiger partial charge in [-0.1, -0.05) is 6.07 Å². The van der Waals surface area contributed by atoms with Crippen LogP contribution in [0, 0.1) is 13.8 Å². The van der Waals surface area contributed by atoms with Gasteiger partial charge in [0.05, 0.1) is 9.88 Å². The average molecular weight is 204 g/mol. The van der Waals surface area contributed by atoms with Gasteiger partial charge in [0.25, 0.3) is 0 Å². The maximum absolute atomic E-state index is 5.70. The maximum atomic E-state index is 5.70. The van der Waals surface area contributed by atoms with Crippen molar-refractivity contribution in [2.75, 3.05) is 5.73 Å². The van der Waals surface area contributed by atoms with Crippen LogP contribution in [0.2, 0.25) is 0 Å². The molecule has 0 saturated heterocycles. The highest BCUT2D eigenvalue weighted by molar-refractivity contribution is 7.15. The zero-order valence-electron chi connectivity index (χ0n) is 8.24. The van der Waals surface area contributed by atoms with E-state index in [1.165, 1.54) is 16.0 Å². The predicted molar refractivity (Wildman–Crippen MR) is 61.4 cm³/mol. The van der Waals surface area contributed by atoms with Gasteiger partial charge in [0, 0.05) is 11.9 Å². The van der Waals surface area contributed by atoms with Crippen LogP contribution in [-0.4, -0.2) is 4.98 Å². The fraction of sp³-hybridized carbons (Fsp3) is 0.182. The standard InChI is InChI=1S/C11H12N2S/c1-7-5-9(12)3-4-10(7)11-6-13-8(2)14-11/h3-6H,12H2,1-2H3. The van der Waals surface area contributed by atoms with Crippen molar-refractivity contribution in [2.24, 2.45) is 0 Å². The van der Waals surface area contributed by atoms with E-state index >= 15 is 0 Å². The van der Waals surface area contributed by atoms with Gasteiger partial charge < -0.3 is 5.73 Å². The number of aryl methyl sites for hydroxylation is 2. The number of nitrogens with two attached hydrogens (primary N) is 1. The molecular formula is C11H12N2S. The van der Waals surface area contributed by atoms with Crippen molar-refractivity contribution in [2.45, 2.75) is 13.8 Å². The number of hydrogen-bond acceptors (Lipinski definition) is 3. The monoisotopic (exact) mass is 204 g/mol. The molecule has 1 heterocycles. The van der Waals surface area contributed by atoms with Gasteiger partial charge in [0.2, 0.25) is 0 Å². The molecule has 3 heteroatoms. The second kappa shape index (κ2) is 3.42. The molecular weight excluding hydrogens is 192 g/mol. The van der Waals surface area contributed by atoms with Gasteiger partial charge in [-0.05, 0) is 37.1 Å². The lowest BCUT2D eigenvalue weighted by Crippen LogP contribution is -1.86. The molecule has 0 aliphatic carbocycles. The highest BCUT2D eigenvalue weighted by Gasteiger charge is 2.04. The molecule has 0 atom stereocenters. The lowest BCUT2D eigenvalue weighted by atomic mass is 10.1. The Morgan fingerprint density at radius 2 is 2.07 bits per heavy atom. The van der Waals surface area contributed by atoms with Crippen LogP contribution in [-0.2, 0) is 0 Å². The van der Waals surface area contributed by atoms with Crippen LogP contribution in [0.15, 0.2) is 24.4 Å². The van der Waals surface area contributed by atoms with Crippen molar-refractivity contribution in [3.05, 3.63) is 35.0 Å². The molecule has 0 amide bonds. The molecule has 72 valence electrons. The minimum atomic E-state index is 0.812. The summed E-state index contributed by atoms with van der Waals surface area (Å²) in [6, 6.07) is 5.97. The third-order valence-electron chi connectivity index (χ3n) is 2.14. The van der Waals surface area contributed by atoms with Gasteiger partial charge in [-0.25, -0.2) is 4.98 Å². The van der Waals surface area contributed by atoms with Crippen LogP contribution in [0.4, 0.5) is 5.69 Å². The fourth-order valence-electron chi connectivity index (χ4n) is 1.45. The Morgan fingerprint density at radius 1 is 1.29 bits per heavy atom. The summed E-state index contributed by atoms with van der Waals surface area (Å²) in [5.41, 5.74) is 8.94. The van der Waals surface area contributed by atoms with Crippen LogP contribution in [0.25, 0.3) is 10.4 Å². The smallest absolute Gasteiger partial charge is 0.0900 e. The maximum Gasteiger partial charge on any atom is 0.0900 e. The number of nitrogen functional groups attached to an aromatic ring is 1. The number of nitrogens with zero attached hydrogens (tertiary/aromatic N) is 1.